The highest BCUT2D eigenvalue weighted by Crippen LogP contribution is 2.18. The number of nitrogens with one attached hydrogen (secondary N) is 3. The molecule has 1 aromatic carbocycles. The minimum atomic E-state index is -0.339. The summed E-state index contributed by atoms with van der Waals surface area (Å²) in [6.45, 7) is 1.39. The molecule has 0 radical (unpaired) electrons. The Kier molecular flexibility index (Phi) is 3.38. The van der Waals surface area contributed by atoms with Crippen molar-refractivity contribution in [3.63, 3.8) is 0 Å². The number of rotatable bonds is 3. The molecule has 3 rings (SSSR count). The van der Waals surface area contributed by atoms with E-state index in [1.54, 1.807) is 17.8 Å². The van der Waals surface area contributed by atoms with E-state index in [1.807, 2.05) is 30.5 Å². The van der Waals surface area contributed by atoms with E-state index in [-0.39, 0.29) is 17.6 Å². The van der Waals surface area contributed by atoms with Gasteiger partial charge in [-0.1, -0.05) is 0 Å². The maximum Gasteiger partial charge on any atom is 0.291 e. The van der Waals surface area contributed by atoms with Crippen LogP contribution in [0.1, 0.15) is 17.5 Å². The number of H-pyrrole nitrogens is 1. The minimum absolute atomic E-state index is 0.220. The number of amides is 2. The first-order valence-electron chi connectivity index (χ1n) is 6.72. The van der Waals surface area contributed by atoms with Crippen molar-refractivity contribution in [2.75, 3.05) is 10.6 Å². The van der Waals surface area contributed by atoms with Crippen LogP contribution in [0.15, 0.2) is 36.7 Å². The maximum absolute atomic E-state index is 12.3. The third-order valence-electron chi connectivity index (χ3n) is 3.19. The molecule has 0 fully saturated rings. The van der Waals surface area contributed by atoms with E-state index in [9.17, 15) is 9.59 Å². The van der Waals surface area contributed by atoms with Crippen LogP contribution >= 0.6 is 0 Å². The summed E-state index contributed by atoms with van der Waals surface area (Å²) in [6, 6.07) is 7.52. The molecule has 0 aliphatic carbocycles. The van der Waals surface area contributed by atoms with Crippen molar-refractivity contribution < 1.29 is 9.59 Å². The van der Waals surface area contributed by atoms with Crippen molar-refractivity contribution in [1.29, 1.82) is 0 Å². The third-order valence-corrected chi connectivity index (χ3v) is 3.19. The second-order valence-electron chi connectivity index (χ2n) is 4.98. The number of anilines is 2. The molecular formula is C15H15N5O2. The van der Waals surface area contributed by atoms with Gasteiger partial charge < -0.3 is 20.2 Å². The predicted molar refractivity (Wildman–Crippen MR) is 83.8 cm³/mol. The van der Waals surface area contributed by atoms with Crippen molar-refractivity contribution in [3.8, 4) is 0 Å². The van der Waals surface area contributed by atoms with Crippen LogP contribution < -0.4 is 10.6 Å². The lowest BCUT2D eigenvalue weighted by atomic mass is 10.2. The molecule has 22 heavy (non-hydrogen) atoms. The summed E-state index contributed by atoms with van der Waals surface area (Å²) < 4.78 is 1.56. The van der Waals surface area contributed by atoms with Gasteiger partial charge in [-0.25, -0.2) is 4.98 Å². The smallest absolute Gasteiger partial charge is 0.291 e. The summed E-state index contributed by atoms with van der Waals surface area (Å²) in [5.41, 5.74) is 1.68. The topological polar surface area (TPSA) is 91.8 Å². The number of hydrogen-bond donors (Lipinski definition) is 3. The number of hydrogen-bond acceptors (Lipinski definition) is 3. The van der Waals surface area contributed by atoms with Gasteiger partial charge in [0.05, 0.1) is 0 Å². The van der Waals surface area contributed by atoms with Gasteiger partial charge in [-0.05, 0) is 24.3 Å². The number of carbonyl (C=O) groups excluding carboxylic acids is 2. The molecular weight excluding hydrogens is 282 g/mol. The zero-order valence-electron chi connectivity index (χ0n) is 12.2. The summed E-state index contributed by atoms with van der Waals surface area (Å²) in [4.78, 5) is 30.5. The van der Waals surface area contributed by atoms with Crippen LogP contribution in [0.3, 0.4) is 0 Å². The van der Waals surface area contributed by atoms with Gasteiger partial charge in [0.2, 0.25) is 11.7 Å². The Morgan fingerprint density at radius 1 is 1.23 bits per heavy atom. The zero-order chi connectivity index (χ0) is 15.7. The standard InChI is InChI=1S/C15H15N5O2/c1-9(21)17-13-8-20(2)14(19-13)15(22)18-11-3-4-12-10(7-11)5-6-16-12/h3-8,16H,1-2H3,(H,17,21)(H,18,22). The summed E-state index contributed by atoms with van der Waals surface area (Å²) in [5, 5.41) is 6.36. The molecule has 7 nitrogen and oxygen atoms in total. The van der Waals surface area contributed by atoms with Gasteiger partial charge in [0, 0.05) is 43.0 Å². The molecule has 2 aromatic heterocycles. The average molecular weight is 297 g/mol. The summed E-state index contributed by atoms with van der Waals surface area (Å²) in [7, 11) is 1.70. The van der Waals surface area contributed by atoms with Crippen molar-refractivity contribution in [2.45, 2.75) is 6.92 Å². The second-order valence-corrected chi connectivity index (χ2v) is 4.98. The summed E-state index contributed by atoms with van der Waals surface area (Å²) in [6.07, 6.45) is 3.43. The number of aromatic amines is 1. The number of fused-ring (bicyclic) bond motifs is 1. The molecule has 0 atom stereocenters. The Morgan fingerprint density at radius 3 is 2.82 bits per heavy atom. The van der Waals surface area contributed by atoms with E-state index in [2.05, 4.69) is 20.6 Å². The van der Waals surface area contributed by atoms with Crippen molar-refractivity contribution >= 4 is 34.2 Å². The molecule has 2 amide bonds. The molecule has 0 spiro atoms. The van der Waals surface area contributed by atoms with Crippen LogP contribution in [0.5, 0.6) is 0 Å². The minimum Gasteiger partial charge on any atom is -0.361 e. The first-order chi connectivity index (χ1) is 10.5. The summed E-state index contributed by atoms with van der Waals surface area (Å²) in [5.74, 6) is -0.00360. The van der Waals surface area contributed by atoms with Gasteiger partial charge in [-0.2, -0.15) is 0 Å². The van der Waals surface area contributed by atoms with Crippen molar-refractivity contribution in [3.05, 3.63) is 42.5 Å². The van der Waals surface area contributed by atoms with Gasteiger partial charge in [-0.3, -0.25) is 9.59 Å². The van der Waals surface area contributed by atoms with Crippen molar-refractivity contribution in [2.24, 2.45) is 7.05 Å². The van der Waals surface area contributed by atoms with Crippen LogP contribution in [0.2, 0.25) is 0 Å². The highest BCUT2D eigenvalue weighted by Gasteiger charge is 2.15. The fraction of sp³-hybridized carbons (Fsp3) is 0.133. The highest BCUT2D eigenvalue weighted by atomic mass is 16.2. The quantitative estimate of drug-likeness (QED) is 0.691. The third kappa shape index (κ3) is 2.69. The van der Waals surface area contributed by atoms with Crippen LogP contribution in [0, 0.1) is 0 Å². The molecule has 2 heterocycles. The number of aryl methyl sites for hydroxylation is 1. The molecule has 0 unspecified atom stereocenters. The van der Waals surface area contributed by atoms with Crippen LogP contribution in [-0.4, -0.2) is 26.3 Å². The number of nitrogens with zero attached hydrogens (tertiary/aromatic N) is 2. The normalized spacial score (nSPS) is 10.6. The summed E-state index contributed by atoms with van der Waals surface area (Å²) >= 11 is 0. The van der Waals surface area contributed by atoms with Crippen LogP contribution in [0.25, 0.3) is 10.9 Å². The van der Waals surface area contributed by atoms with Gasteiger partial charge in [-0.15, -0.1) is 0 Å². The SMILES string of the molecule is CC(=O)Nc1cn(C)c(C(=O)Nc2ccc3[nH]ccc3c2)n1. The fourth-order valence-electron chi connectivity index (χ4n) is 2.24. The Bertz CT molecular complexity index is 862. The second kappa shape index (κ2) is 5.36. The molecule has 0 bridgehead atoms. The Labute approximate surface area is 126 Å². The number of benzene rings is 1. The highest BCUT2D eigenvalue weighted by molar-refractivity contribution is 6.03. The van der Waals surface area contributed by atoms with Gasteiger partial charge >= 0.3 is 0 Å². The van der Waals surface area contributed by atoms with E-state index >= 15 is 0 Å². The monoisotopic (exact) mass is 297 g/mol. The van der Waals surface area contributed by atoms with Gasteiger partial charge in [0.15, 0.2) is 5.82 Å². The number of imidazole rings is 1. The van der Waals surface area contributed by atoms with E-state index in [1.165, 1.54) is 6.92 Å². The Morgan fingerprint density at radius 2 is 2.05 bits per heavy atom. The molecule has 0 saturated carbocycles. The lowest BCUT2D eigenvalue weighted by Crippen LogP contribution is -2.16. The largest absolute Gasteiger partial charge is 0.361 e. The first kappa shape index (κ1) is 13.9. The predicted octanol–water partition coefficient (Wildman–Crippen LogP) is 2.11. The van der Waals surface area contributed by atoms with E-state index in [0.29, 0.717) is 11.5 Å². The molecule has 3 aromatic rings. The number of carbonyl (C=O) groups is 2. The fourth-order valence-corrected chi connectivity index (χ4v) is 2.24. The molecule has 0 aliphatic heterocycles. The van der Waals surface area contributed by atoms with Crippen LogP contribution in [-0.2, 0) is 11.8 Å². The molecule has 7 heteroatoms. The average Bonchev–Trinajstić information content (AvgIpc) is 3.04. The Balaban J connectivity index is 1.81. The zero-order valence-corrected chi connectivity index (χ0v) is 12.2. The van der Waals surface area contributed by atoms with Gasteiger partial charge in [0.25, 0.3) is 5.91 Å². The van der Waals surface area contributed by atoms with E-state index in [0.717, 1.165) is 10.9 Å². The molecule has 0 saturated heterocycles. The molecule has 112 valence electrons. The van der Waals surface area contributed by atoms with E-state index < -0.39 is 0 Å². The lowest BCUT2D eigenvalue weighted by molar-refractivity contribution is -0.114. The first-order valence-corrected chi connectivity index (χ1v) is 6.72. The van der Waals surface area contributed by atoms with Crippen LogP contribution in [0.4, 0.5) is 11.5 Å². The van der Waals surface area contributed by atoms with Crippen molar-refractivity contribution in [1.82, 2.24) is 14.5 Å². The van der Waals surface area contributed by atoms with Gasteiger partial charge in [0.1, 0.15) is 0 Å². The molecule has 0 aliphatic rings. The maximum atomic E-state index is 12.3. The Hall–Kier alpha value is -3.09. The molecule has 3 N–H and O–H groups in total. The van der Waals surface area contributed by atoms with E-state index in [4.69, 9.17) is 0 Å². The number of aromatic nitrogens is 3. The lowest BCUT2D eigenvalue weighted by Gasteiger charge is -2.05.